The van der Waals surface area contributed by atoms with E-state index in [4.69, 9.17) is 14.5 Å². The van der Waals surface area contributed by atoms with E-state index < -0.39 is 0 Å². The highest BCUT2D eigenvalue weighted by atomic mass is 16.7. The van der Waals surface area contributed by atoms with Gasteiger partial charge in [-0.15, -0.1) is 0 Å². The molecule has 5 rings (SSSR count). The molecule has 0 atom stereocenters. The van der Waals surface area contributed by atoms with Gasteiger partial charge in [0.15, 0.2) is 17.3 Å². The van der Waals surface area contributed by atoms with E-state index in [-0.39, 0.29) is 12.4 Å². The first kappa shape index (κ1) is 16.5. The number of fused-ring (bicyclic) bond motifs is 2. The van der Waals surface area contributed by atoms with Crippen molar-refractivity contribution in [3.8, 4) is 11.5 Å². The number of rotatable bonds is 3. The van der Waals surface area contributed by atoms with Gasteiger partial charge in [-0.2, -0.15) is 0 Å². The Kier molecular flexibility index (Phi) is 4.16. The third-order valence-corrected chi connectivity index (χ3v) is 5.42. The van der Waals surface area contributed by atoms with Crippen LogP contribution in [0.1, 0.15) is 41.9 Å². The molecule has 3 aliphatic heterocycles. The number of para-hydroxylation sites is 1. The monoisotopic (exact) mass is 366 g/mol. The second kappa shape index (κ2) is 6.81. The van der Waals surface area contributed by atoms with E-state index in [0.29, 0.717) is 12.4 Å². The topological polar surface area (TPSA) is 79.8 Å². The summed E-state index contributed by atoms with van der Waals surface area (Å²) in [5.74, 6) is 2.28. The van der Waals surface area contributed by atoms with Gasteiger partial charge >= 0.3 is 0 Å². The number of nitrogens with zero attached hydrogens (tertiary/aromatic N) is 3. The molecule has 0 radical (unpaired) electrons. The Morgan fingerprint density at radius 2 is 2.15 bits per heavy atom. The van der Waals surface area contributed by atoms with Crippen LogP contribution in [-0.2, 0) is 19.5 Å². The first-order valence-electron chi connectivity index (χ1n) is 9.53. The van der Waals surface area contributed by atoms with Crippen molar-refractivity contribution in [3.05, 3.63) is 51.2 Å². The fourth-order valence-electron chi connectivity index (χ4n) is 4.00. The van der Waals surface area contributed by atoms with E-state index in [0.717, 1.165) is 79.3 Å². The van der Waals surface area contributed by atoms with Crippen molar-refractivity contribution >= 4 is 5.71 Å². The summed E-state index contributed by atoms with van der Waals surface area (Å²) in [6, 6.07) is 5.95. The van der Waals surface area contributed by atoms with Crippen molar-refractivity contribution in [1.82, 2.24) is 14.9 Å². The summed E-state index contributed by atoms with van der Waals surface area (Å²) in [7, 11) is 0. The molecular weight excluding hydrogens is 344 g/mol. The molecule has 1 N–H and O–H groups in total. The molecule has 0 unspecified atom stereocenters. The van der Waals surface area contributed by atoms with Gasteiger partial charge in [-0.05, 0) is 25.3 Å². The average molecular weight is 366 g/mol. The molecule has 7 heteroatoms. The molecule has 0 aliphatic carbocycles. The summed E-state index contributed by atoms with van der Waals surface area (Å²) < 4.78 is 11.1. The van der Waals surface area contributed by atoms with Crippen molar-refractivity contribution in [2.75, 3.05) is 19.9 Å². The lowest BCUT2D eigenvalue weighted by Gasteiger charge is -2.28. The second-order valence-corrected chi connectivity index (χ2v) is 7.24. The first-order valence-corrected chi connectivity index (χ1v) is 9.53. The van der Waals surface area contributed by atoms with Crippen LogP contribution in [0.25, 0.3) is 0 Å². The molecule has 0 amide bonds. The lowest BCUT2D eigenvalue weighted by atomic mass is 10.0. The van der Waals surface area contributed by atoms with Crippen molar-refractivity contribution in [1.29, 1.82) is 0 Å². The van der Waals surface area contributed by atoms with Crippen LogP contribution < -0.4 is 15.0 Å². The van der Waals surface area contributed by atoms with Gasteiger partial charge in [-0.1, -0.05) is 12.1 Å². The van der Waals surface area contributed by atoms with Crippen molar-refractivity contribution in [3.63, 3.8) is 0 Å². The van der Waals surface area contributed by atoms with Gasteiger partial charge < -0.3 is 14.5 Å². The summed E-state index contributed by atoms with van der Waals surface area (Å²) in [5, 5.41) is 0. The Balaban J connectivity index is 1.38. The average Bonchev–Trinajstić information content (AvgIpc) is 3.19. The minimum Gasteiger partial charge on any atom is -0.454 e. The van der Waals surface area contributed by atoms with E-state index >= 15 is 0 Å². The van der Waals surface area contributed by atoms with E-state index in [9.17, 15) is 4.79 Å². The Labute approximate surface area is 157 Å². The molecule has 4 heterocycles. The Hall–Kier alpha value is -2.67. The van der Waals surface area contributed by atoms with Gasteiger partial charge in [0.25, 0.3) is 5.56 Å². The van der Waals surface area contributed by atoms with Gasteiger partial charge in [0, 0.05) is 38.2 Å². The highest BCUT2D eigenvalue weighted by Crippen LogP contribution is 2.36. The highest BCUT2D eigenvalue weighted by molar-refractivity contribution is 5.97. The molecule has 0 spiro atoms. The summed E-state index contributed by atoms with van der Waals surface area (Å²) in [6.45, 7) is 3.28. The minimum atomic E-state index is -0.0363. The molecule has 0 bridgehead atoms. The number of ether oxygens (including phenoxy) is 2. The molecule has 1 aromatic carbocycles. The van der Waals surface area contributed by atoms with E-state index in [1.54, 1.807) is 0 Å². The smallest absolute Gasteiger partial charge is 0.255 e. The quantitative estimate of drug-likeness (QED) is 0.899. The molecule has 7 nitrogen and oxygen atoms in total. The Bertz CT molecular complexity index is 966. The highest BCUT2D eigenvalue weighted by Gasteiger charge is 2.25. The maximum Gasteiger partial charge on any atom is 0.255 e. The van der Waals surface area contributed by atoms with Crippen molar-refractivity contribution < 1.29 is 9.47 Å². The molecule has 0 fully saturated rings. The number of aromatic amines is 1. The number of nitrogens with one attached hydrogen (secondary N) is 1. The van der Waals surface area contributed by atoms with Crippen LogP contribution in [0.5, 0.6) is 11.5 Å². The summed E-state index contributed by atoms with van der Waals surface area (Å²) in [4.78, 5) is 27.2. The van der Waals surface area contributed by atoms with Gasteiger partial charge in [0.05, 0.1) is 17.0 Å². The maximum atomic E-state index is 12.7. The lowest BCUT2D eigenvalue weighted by molar-refractivity contribution is 0.171. The van der Waals surface area contributed by atoms with Gasteiger partial charge in [0.2, 0.25) is 6.79 Å². The van der Waals surface area contributed by atoms with Crippen LogP contribution in [0, 0.1) is 0 Å². The van der Waals surface area contributed by atoms with Crippen molar-refractivity contribution in [2.45, 2.75) is 38.8 Å². The predicted molar refractivity (Wildman–Crippen MR) is 100 cm³/mol. The molecule has 140 valence electrons. The van der Waals surface area contributed by atoms with Crippen LogP contribution in [0.15, 0.2) is 28.0 Å². The maximum absolute atomic E-state index is 12.7. The number of hydrogen-bond donors (Lipinski definition) is 1. The van der Waals surface area contributed by atoms with Crippen LogP contribution in [0.2, 0.25) is 0 Å². The molecule has 0 saturated carbocycles. The first-order chi connectivity index (χ1) is 13.3. The number of benzene rings is 1. The van der Waals surface area contributed by atoms with Gasteiger partial charge in [0.1, 0.15) is 0 Å². The lowest BCUT2D eigenvalue weighted by Crippen LogP contribution is -2.36. The van der Waals surface area contributed by atoms with Crippen LogP contribution in [0.3, 0.4) is 0 Å². The van der Waals surface area contributed by atoms with Gasteiger partial charge in [-0.25, -0.2) is 4.98 Å². The second-order valence-electron chi connectivity index (χ2n) is 7.24. The summed E-state index contributed by atoms with van der Waals surface area (Å²) >= 11 is 0. The largest absolute Gasteiger partial charge is 0.454 e. The third-order valence-electron chi connectivity index (χ3n) is 5.42. The number of H-pyrrole nitrogens is 1. The molecule has 1 aromatic heterocycles. The zero-order valence-corrected chi connectivity index (χ0v) is 15.2. The van der Waals surface area contributed by atoms with E-state index in [2.05, 4.69) is 20.9 Å². The van der Waals surface area contributed by atoms with Crippen LogP contribution in [-0.4, -0.2) is 40.5 Å². The SMILES string of the molecule is O=c1[nH]c(C2=NCCCC2)nc2c1CN(Cc1cccc3c1OCO3)CC2. The van der Waals surface area contributed by atoms with Gasteiger partial charge in [-0.3, -0.25) is 14.7 Å². The van der Waals surface area contributed by atoms with Crippen LogP contribution in [0.4, 0.5) is 0 Å². The third kappa shape index (κ3) is 3.12. The molecule has 3 aliphatic rings. The Morgan fingerprint density at radius 1 is 1.19 bits per heavy atom. The predicted octanol–water partition coefficient (Wildman–Crippen LogP) is 2.03. The molecule has 0 saturated heterocycles. The fourth-order valence-corrected chi connectivity index (χ4v) is 4.00. The van der Waals surface area contributed by atoms with Crippen molar-refractivity contribution in [2.24, 2.45) is 4.99 Å². The minimum absolute atomic E-state index is 0.0363. The summed E-state index contributed by atoms with van der Waals surface area (Å²) in [5.41, 5.74) is 3.68. The van der Waals surface area contributed by atoms with E-state index in [1.807, 2.05) is 12.1 Å². The zero-order chi connectivity index (χ0) is 18.2. The molecule has 2 aromatic rings. The molecular formula is C20H22N4O3. The van der Waals surface area contributed by atoms with E-state index in [1.165, 1.54) is 0 Å². The summed E-state index contributed by atoms with van der Waals surface area (Å²) in [6.07, 6.45) is 3.90. The zero-order valence-electron chi connectivity index (χ0n) is 15.2. The number of aromatic nitrogens is 2. The fraction of sp³-hybridized carbons (Fsp3) is 0.450. The normalized spacial score (nSPS) is 18.9. The van der Waals surface area contributed by atoms with Crippen LogP contribution >= 0.6 is 0 Å². The Morgan fingerprint density at radius 3 is 3.04 bits per heavy atom. The standard InChI is InChI=1S/C20H22N4O3/c25-20-14-11-24(10-13-4-3-6-17-18(13)27-12-26-17)9-7-15(14)22-19(23-20)16-5-1-2-8-21-16/h3-4,6H,1-2,5,7-12H2,(H,22,23,25). The number of hydrogen-bond acceptors (Lipinski definition) is 6. The molecule has 27 heavy (non-hydrogen) atoms. The number of aliphatic imine (C=N–C) groups is 1.